The molecule has 1 aliphatic rings. The zero-order valence-electron chi connectivity index (χ0n) is 5.83. The zero-order chi connectivity index (χ0) is 7.68. The van der Waals surface area contributed by atoms with Crippen LogP contribution < -0.4 is 0 Å². The van der Waals surface area contributed by atoms with Crippen molar-refractivity contribution in [2.75, 3.05) is 6.61 Å². The van der Waals surface area contributed by atoms with Crippen molar-refractivity contribution >= 4 is 0 Å². The highest BCUT2D eigenvalue weighted by Crippen LogP contribution is 2.28. The van der Waals surface area contributed by atoms with Crippen LogP contribution in [0, 0.1) is 5.82 Å². The number of hydrogen-bond acceptors (Lipinski definition) is 3. The van der Waals surface area contributed by atoms with E-state index < -0.39 is 0 Å². The molecule has 1 atom stereocenters. The van der Waals surface area contributed by atoms with Crippen molar-refractivity contribution in [2.45, 2.75) is 12.5 Å². The van der Waals surface area contributed by atoms with E-state index >= 15 is 0 Å². The molecule has 2 rings (SSSR count). The highest BCUT2D eigenvalue weighted by Gasteiger charge is 2.24. The van der Waals surface area contributed by atoms with E-state index in [1.165, 1.54) is 6.33 Å². The van der Waals surface area contributed by atoms with Crippen molar-refractivity contribution in [3.8, 4) is 0 Å². The van der Waals surface area contributed by atoms with Crippen LogP contribution in [0.15, 0.2) is 12.5 Å². The van der Waals surface area contributed by atoms with Gasteiger partial charge in [-0.1, -0.05) is 0 Å². The van der Waals surface area contributed by atoms with Gasteiger partial charge in [0.25, 0.3) is 0 Å². The summed E-state index contributed by atoms with van der Waals surface area (Å²) >= 11 is 0. The molecule has 11 heavy (non-hydrogen) atoms. The molecule has 1 unspecified atom stereocenters. The highest BCUT2D eigenvalue weighted by molar-refractivity contribution is 5.07. The topological polar surface area (TPSA) is 35.0 Å². The van der Waals surface area contributed by atoms with Crippen molar-refractivity contribution in [1.82, 2.24) is 9.97 Å². The maximum absolute atomic E-state index is 12.9. The summed E-state index contributed by atoms with van der Waals surface area (Å²) in [5, 5.41) is 0. The normalized spacial score (nSPS) is 22.8. The van der Waals surface area contributed by atoms with Crippen LogP contribution in [-0.2, 0) is 4.74 Å². The van der Waals surface area contributed by atoms with E-state index in [-0.39, 0.29) is 11.9 Å². The van der Waals surface area contributed by atoms with Crippen LogP contribution in [0.4, 0.5) is 4.39 Å². The summed E-state index contributed by atoms with van der Waals surface area (Å²) in [6, 6.07) is 0. The van der Waals surface area contributed by atoms with Crippen molar-refractivity contribution in [1.29, 1.82) is 0 Å². The van der Waals surface area contributed by atoms with Crippen molar-refractivity contribution in [2.24, 2.45) is 0 Å². The lowest BCUT2D eigenvalue weighted by Gasteiger charge is -2.25. The predicted molar refractivity (Wildman–Crippen MR) is 35.3 cm³/mol. The predicted octanol–water partition coefficient (Wildman–Crippen LogP) is 1.08. The molecular formula is C7H7FN2O. The Labute approximate surface area is 63.2 Å². The number of ether oxygens (including phenoxy) is 1. The Bertz CT molecular complexity index is 262. The SMILES string of the molecule is Fc1cncnc1C1CCO1. The van der Waals surface area contributed by atoms with Crippen LogP contribution in [-0.4, -0.2) is 16.6 Å². The van der Waals surface area contributed by atoms with Gasteiger partial charge >= 0.3 is 0 Å². The fraction of sp³-hybridized carbons (Fsp3) is 0.429. The fourth-order valence-corrected chi connectivity index (χ4v) is 1.01. The molecule has 0 amide bonds. The van der Waals surface area contributed by atoms with Gasteiger partial charge < -0.3 is 4.74 Å². The van der Waals surface area contributed by atoms with Crippen molar-refractivity contribution in [3.05, 3.63) is 24.0 Å². The average molecular weight is 154 g/mol. The van der Waals surface area contributed by atoms with E-state index in [0.717, 1.165) is 12.6 Å². The van der Waals surface area contributed by atoms with E-state index in [9.17, 15) is 4.39 Å². The lowest BCUT2D eigenvalue weighted by molar-refractivity contribution is -0.0573. The first kappa shape index (κ1) is 6.67. The molecule has 0 bridgehead atoms. The van der Waals surface area contributed by atoms with Gasteiger partial charge in [-0.05, 0) is 0 Å². The number of nitrogens with zero attached hydrogens (tertiary/aromatic N) is 2. The Morgan fingerprint density at radius 2 is 2.45 bits per heavy atom. The van der Waals surface area contributed by atoms with E-state index in [4.69, 9.17) is 4.74 Å². The van der Waals surface area contributed by atoms with Gasteiger partial charge in [0, 0.05) is 6.42 Å². The van der Waals surface area contributed by atoms with Crippen LogP contribution in [0.2, 0.25) is 0 Å². The first-order valence-electron chi connectivity index (χ1n) is 3.45. The molecule has 0 saturated carbocycles. The van der Waals surface area contributed by atoms with Crippen LogP contribution in [0.3, 0.4) is 0 Å². The van der Waals surface area contributed by atoms with Crippen LogP contribution >= 0.6 is 0 Å². The van der Waals surface area contributed by atoms with Gasteiger partial charge in [-0.3, -0.25) is 0 Å². The van der Waals surface area contributed by atoms with Gasteiger partial charge in [0.15, 0.2) is 5.82 Å². The molecule has 1 saturated heterocycles. The molecule has 0 aliphatic carbocycles. The van der Waals surface area contributed by atoms with Gasteiger partial charge in [-0.2, -0.15) is 0 Å². The molecule has 2 heterocycles. The summed E-state index contributed by atoms with van der Waals surface area (Å²) in [5.74, 6) is -0.378. The quantitative estimate of drug-likeness (QED) is 0.607. The van der Waals surface area contributed by atoms with Crippen LogP contribution in [0.1, 0.15) is 18.2 Å². The largest absolute Gasteiger partial charge is 0.372 e. The van der Waals surface area contributed by atoms with Crippen LogP contribution in [0.5, 0.6) is 0 Å². The fourth-order valence-electron chi connectivity index (χ4n) is 1.01. The Balaban J connectivity index is 2.28. The van der Waals surface area contributed by atoms with Gasteiger partial charge in [0.2, 0.25) is 0 Å². The summed E-state index contributed by atoms with van der Waals surface area (Å²) in [6.07, 6.45) is 3.20. The monoisotopic (exact) mass is 154 g/mol. The molecule has 4 heteroatoms. The summed E-state index contributed by atoms with van der Waals surface area (Å²) in [5.41, 5.74) is 0.381. The lowest BCUT2D eigenvalue weighted by Crippen LogP contribution is -2.20. The van der Waals surface area contributed by atoms with Gasteiger partial charge in [-0.15, -0.1) is 0 Å². The third-order valence-corrected chi connectivity index (χ3v) is 1.70. The summed E-state index contributed by atoms with van der Waals surface area (Å²) < 4.78 is 17.9. The van der Waals surface area contributed by atoms with Crippen molar-refractivity contribution in [3.63, 3.8) is 0 Å². The lowest BCUT2D eigenvalue weighted by atomic mass is 10.1. The Morgan fingerprint density at radius 1 is 1.64 bits per heavy atom. The second-order valence-corrected chi connectivity index (χ2v) is 2.40. The number of hydrogen-bond donors (Lipinski definition) is 0. The summed E-state index contributed by atoms with van der Waals surface area (Å²) in [6.45, 7) is 0.702. The molecule has 1 aromatic heterocycles. The first-order valence-corrected chi connectivity index (χ1v) is 3.45. The van der Waals surface area contributed by atoms with E-state index in [1.807, 2.05) is 0 Å². The molecule has 1 fully saturated rings. The second kappa shape index (κ2) is 2.54. The minimum absolute atomic E-state index is 0.141. The molecular weight excluding hydrogens is 147 g/mol. The summed E-state index contributed by atoms with van der Waals surface area (Å²) in [7, 11) is 0. The Morgan fingerprint density at radius 3 is 3.00 bits per heavy atom. The average Bonchev–Trinajstić information content (AvgIpc) is 1.90. The molecule has 1 aromatic rings. The molecule has 0 spiro atoms. The maximum atomic E-state index is 12.9. The van der Waals surface area contributed by atoms with E-state index in [1.54, 1.807) is 0 Å². The third kappa shape index (κ3) is 1.09. The van der Waals surface area contributed by atoms with Gasteiger partial charge in [0.1, 0.15) is 18.1 Å². The third-order valence-electron chi connectivity index (χ3n) is 1.70. The molecule has 0 aromatic carbocycles. The van der Waals surface area contributed by atoms with Gasteiger partial charge in [0.05, 0.1) is 12.8 Å². The molecule has 58 valence electrons. The smallest absolute Gasteiger partial charge is 0.165 e. The summed E-state index contributed by atoms with van der Waals surface area (Å²) in [4.78, 5) is 7.33. The van der Waals surface area contributed by atoms with Gasteiger partial charge in [-0.25, -0.2) is 14.4 Å². The van der Waals surface area contributed by atoms with Crippen molar-refractivity contribution < 1.29 is 9.13 Å². The number of rotatable bonds is 1. The maximum Gasteiger partial charge on any atom is 0.165 e. The standard InChI is InChI=1S/C7H7FN2O/c8-5-3-9-4-10-7(5)6-1-2-11-6/h3-4,6H,1-2H2. The molecule has 3 nitrogen and oxygen atoms in total. The van der Waals surface area contributed by atoms with E-state index in [2.05, 4.69) is 9.97 Å². The Kier molecular flexibility index (Phi) is 1.54. The molecule has 1 aliphatic heterocycles. The second-order valence-electron chi connectivity index (χ2n) is 2.40. The zero-order valence-corrected chi connectivity index (χ0v) is 5.83. The minimum atomic E-state index is -0.378. The first-order chi connectivity index (χ1) is 5.38. The molecule has 0 N–H and O–H groups in total. The minimum Gasteiger partial charge on any atom is -0.372 e. The number of halogens is 1. The van der Waals surface area contributed by atoms with Crippen LogP contribution in [0.25, 0.3) is 0 Å². The molecule has 0 radical (unpaired) electrons. The number of aromatic nitrogens is 2. The Hall–Kier alpha value is -1.03. The highest BCUT2D eigenvalue weighted by atomic mass is 19.1. The van der Waals surface area contributed by atoms with E-state index in [0.29, 0.717) is 12.3 Å².